The second kappa shape index (κ2) is 7.68. The van der Waals surface area contributed by atoms with E-state index in [2.05, 4.69) is 0 Å². The van der Waals surface area contributed by atoms with Gasteiger partial charge in [0, 0.05) is 23.2 Å². The highest BCUT2D eigenvalue weighted by molar-refractivity contribution is 7.91. The molecule has 3 rings (SSSR count). The maximum absolute atomic E-state index is 13.0. The fraction of sp³-hybridized carbons (Fsp3) is 0.316. The first-order valence-corrected chi connectivity index (χ1v) is 10.5. The van der Waals surface area contributed by atoms with Crippen molar-refractivity contribution >= 4 is 27.3 Å². The molecule has 1 aliphatic rings. The molecule has 138 valence electrons. The van der Waals surface area contributed by atoms with Crippen molar-refractivity contribution in [3.05, 3.63) is 64.7 Å². The van der Waals surface area contributed by atoms with Gasteiger partial charge >= 0.3 is 0 Å². The molecule has 0 bridgehead atoms. The molecule has 1 atom stereocenters. The normalized spacial score (nSPS) is 18.5. The van der Waals surface area contributed by atoms with Crippen LogP contribution >= 0.6 is 11.6 Å². The van der Waals surface area contributed by atoms with Gasteiger partial charge in [0.1, 0.15) is 5.75 Å². The highest BCUT2D eigenvalue weighted by atomic mass is 35.5. The number of hydrogen-bond donors (Lipinski definition) is 0. The van der Waals surface area contributed by atoms with Crippen LogP contribution in [0.1, 0.15) is 22.3 Å². The zero-order chi connectivity index (χ0) is 18.7. The van der Waals surface area contributed by atoms with Crippen LogP contribution in [0.2, 0.25) is 5.02 Å². The molecule has 0 saturated carbocycles. The van der Waals surface area contributed by atoms with Gasteiger partial charge in [0.15, 0.2) is 9.84 Å². The number of amides is 1. The molecule has 5 nitrogen and oxygen atoms in total. The molecule has 26 heavy (non-hydrogen) atoms. The smallest absolute Gasteiger partial charge is 0.254 e. The summed E-state index contributed by atoms with van der Waals surface area (Å²) >= 11 is 5.90. The first kappa shape index (κ1) is 18.7. The molecule has 1 saturated heterocycles. The molecule has 1 heterocycles. The standard InChI is InChI=1S/C19H20ClNO4S/c1-25-18-8-2-14(3-9-18)12-21(17-10-11-26(23,24)13-17)19(22)15-4-6-16(20)7-5-15/h2-9,17H,10-13H2,1H3/t17-/m0/s1. The highest BCUT2D eigenvalue weighted by Gasteiger charge is 2.35. The SMILES string of the molecule is COc1ccc(CN(C(=O)c2ccc(Cl)cc2)[C@H]2CCS(=O)(=O)C2)cc1. The lowest BCUT2D eigenvalue weighted by Crippen LogP contribution is -2.40. The van der Waals surface area contributed by atoms with E-state index in [1.807, 2.05) is 24.3 Å². The molecule has 1 fully saturated rings. The van der Waals surface area contributed by atoms with E-state index in [1.54, 1.807) is 36.3 Å². The Morgan fingerprint density at radius 3 is 2.35 bits per heavy atom. The molecule has 0 radical (unpaired) electrons. The van der Waals surface area contributed by atoms with Crippen molar-refractivity contribution in [1.82, 2.24) is 4.90 Å². The summed E-state index contributed by atoms with van der Waals surface area (Å²) in [4.78, 5) is 14.7. The predicted octanol–water partition coefficient (Wildman–Crippen LogP) is 3.18. The molecule has 0 spiro atoms. The van der Waals surface area contributed by atoms with Crippen molar-refractivity contribution < 1.29 is 17.9 Å². The van der Waals surface area contributed by atoms with Crippen molar-refractivity contribution in [3.8, 4) is 5.75 Å². The molecule has 1 amide bonds. The molecule has 0 aromatic heterocycles. The zero-order valence-corrected chi connectivity index (χ0v) is 16.0. The van der Waals surface area contributed by atoms with Crippen molar-refractivity contribution in [2.24, 2.45) is 0 Å². The second-order valence-corrected chi connectivity index (χ2v) is 9.01. The van der Waals surface area contributed by atoms with Gasteiger partial charge in [0.25, 0.3) is 5.91 Å². The Morgan fingerprint density at radius 1 is 1.15 bits per heavy atom. The molecule has 0 N–H and O–H groups in total. The number of carbonyl (C=O) groups is 1. The Hall–Kier alpha value is -2.05. The molecule has 7 heteroatoms. The van der Waals surface area contributed by atoms with Crippen LogP contribution in [0, 0.1) is 0 Å². The fourth-order valence-corrected chi connectivity index (χ4v) is 4.93. The zero-order valence-electron chi connectivity index (χ0n) is 14.4. The molecule has 2 aromatic rings. The number of halogens is 1. The Labute approximate surface area is 158 Å². The topological polar surface area (TPSA) is 63.7 Å². The van der Waals surface area contributed by atoms with Gasteiger partial charge in [-0.15, -0.1) is 0 Å². The molecule has 0 aliphatic carbocycles. The lowest BCUT2D eigenvalue weighted by molar-refractivity contribution is 0.0681. The van der Waals surface area contributed by atoms with E-state index in [0.29, 0.717) is 23.6 Å². The summed E-state index contributed by atoms with van der Waals surface area (Å²) in [5.41, 5.74) is 1.41. The summed E-state index contributed by atoms with van der Waals surface area (Å²) < 4.78 is 29.0. The lowest BCUT2D eigenvalue weighted by Gasteiger charge is -2.28. The second-order valence-electron chi connectivity index (χ2n) is 6.34. The molecular formula is C19H20ClNO4S. The number of rotatable bonds is 5. The third kappa shape index (κ3) is 4.37. The van der Waals surface area contributed by atoms with Crippen LogP contribution < -0.4 is 4.74 Å². The van der Waals surface area contributed by atoms with Crippen LogP contribution in [0.25, 0.3) is 0 Å². The van der Waals surface area contributed by atoms with Gasteiger partial charge in [-0.3, -0.25) is 4.79 Å². The van der Waals surface area contributed by atoms with E-state index in [4.69, 9.17) is 16.3 Å². The molecule has 1 aliphatic heterocycles. The average molecular weight is 394 g/mol. The monoisotopic (exact) mass is 393 g/mol. The first-order chi connectivity index (χ1) is 12.4. The van der Waals surface area contributed by atoms with Gasteiger partial charge in [0.05, 0.1) is 18.6 Å². The van der Waals surface area contributed by atoms with Gasteiger partial charge in [-0.25, -0.2) is 8.42 Å². The van der Waals surface area contributed by atoms with Crippen molar-refractivity contribution in [3.63, 3.8) is 0 Å². The van der Waals surface area contributed by atoms with Gasteiger partial charge in [-0.1, -0.05) is 23.7 Å². The molecule has 2 aromatic carbocycles. The van der Waals surface area contributed by atoms with Gasteiger partial charge in [0.2, 0.25) is 0 Å². The van der Waals surface area contributed by atoms with Crippen molar-refractivity contribution in [1.29, 1.82) is 0 Å². The summed E-state index contributed by atoms with van der Waals surface area (Å²) in [6.07, 6.45) is 0.456. The number of benzene rings is 2. The van der Waals surface area contributed by atoms with E-state index >= 15 is 0 Å². The summed E-state index contributed by atoms with van der Waals surface area (Å²) in [6, 6.07) is 13.7. The van der Waals surface area contributed by atoms with Gasteiger partial charge < -0.3 is 9.64 Å². The summed E-state index contributed by atoms with van der Waals surface area (Å²) in [5.74, 6) is 0.653. The van der Waals surface area contributed by atoms with Crippen LogP contribution in [0.3, 0.4) is 0 Å². The van der Waals surface area contributed by atoms with Gasteiger partial charge in [-0.05, 0) is 48.4 Å². The fourth-order valence-electron chi connectivity index (χ4n) is 3.07. The first-order valence-electron chi connectivity index (χ1n) is 8.28. The number of carbonyl (C=O) groups excluding carboxylic acids is 1. The largest absolute Gasteiger partial charge is 0.497 e. The Morgan fingerprint density at radius 2 is 1.81 bits per heavy atom. The summed E-state index contributed by atoms with van der Waals surface area (Å²) in [7, 11) is -1.51. The third-order valence-corrected chi connectivity index (χ3v) is 6.52. The van der Waals surface area contributed by atoms with Crippen molar-refractivity contribution in [2.75, 3.05) is 18.6 Å². The minimum absolute atomic E-state index is 0.00246. The van der Waals surface area contributed by atoms with E-state index < -0.39 is 9.84 Å². The van der Waals surface area contributed by atoms with Crippen LogP contribution in [-0.2, 0) is 16.4 Å². The highest BCUT2D eigenvalue weighted by Crippen LogP contribution is 2.23. The Kier molecular flexibility index (Phi) is 5.53. The van der Waals surface area contributed by atoms with Crippen LogP contribution in [0.4, 0.5) is 0 Å². The van der Waals surface area contributed by atoms with E-state index in [-0.39, 0.29) is 23.5 Å². The molecular weight excluding hydrogens is 374 g/mol. The van der Waals surface area contributed by atoms with Crippen LogP contribution in [0.15, 0.2) is 48.5 Å². The quantitative estimate of drug-likeness (QED) is 0.782. The van der Waals surface area contributed by atoms with E-state index in [1.165, 1.54) is 0 Å². The number of sulfone groups is 1. The van der Waals surface area contributed by atoms with Crippen LogP contribution in [0.5, 0.6) is 5.75 Å². The summed E-state index contributed by atoms with van der Waals surface area (Å²) in [5, 5.41) is 0.548. The maximum atomic E-state index is 13.0. The van der Waals surface area contributed by atoms with Gasteiger partial charge in [-0.2, -0.15) is 0 Å². The third-order valence-electron chi connectivity index (χ3n) is 4.51. The molecule has 0 unspecified atom stereocenters. The minimum Gasteiger partial charge on any atom is -0.497 e. The Balaban J connectivity index is 1.88. The minimum atomic E-state index is -3.10. The van der Waals surface area contributed by atoms with Crippen molar-refractivity contribution in [2.45, 2.75) is 19.0 Å². The van der Waals surface area contributed by atoms with E-state index in [0.717, 1.165) is 11.3 Å². The average Bonchev–Trinajstić information content (AvgIpc) is 3.00. The van der Waals surface area contributed by atoms with E-state index in [9.17, 15) is 13.2 Å². The Bertz CT molecular complexity index is 879. The number of nitrogens with zero attached hydrogens (tertiary/aromatic N) is 1. The van der Waals surface area contributed by atoms with Crippen LogP contribution in [-0.4, -0.2) is 43.9 Å². The number of hydrogen-bond acceptors (Lipinski definition) is 4. The lowest BCUT2D eigenvalue weighted by atomic mass is 10.1. The maximum Gasteiger partial charge on any atom is 0.254 e. The number of ether oxygens (including phenoxy) is 1. The summed E-state index contributed by atoms with van der Waals surface area (Å²) in [6.45, 7) is 0.339. The number of methoxy groups -OCH3 is 1. The predicted molar refractivity (Wildman–Crippen MR) is 101 cm³/mol.